The number of esters is 1. The molecule has 2 atom stereocenters. The number of likely N-dealkylation sites (N-methyl/N-ethyl adjacent to an activating group) is 1. The van der Waals surface area contributed by atoms with E-state index in [4.69, 9.17) is 9.47 Å². The van der Waals surface area contributed by atoms with Crippen molar-refractivity contribution in [2.24, 2.45) is 0 Å². The van der Waals surface area contributed by atoms with E-state index in [0.717, 1.165) is 6.42 Å². The highest BCUT2D eigenvalue weighted by Crippen LogP contribution is 2.26. The van der Waals surface area contributed by atoms with Crippen LogP contribution in [-0.2, 0) is 14.3 Å². The van der Waals surface area contributed by atoms with Gasteiger partial charge in [-0.15, -0.1) is 0 Å². The molecule has 0 bridgehead atoms. The van der Waals surface area contributed by atoms with Crippen LogP contribution < -0.4 is 5.32 Å². The number of nitrogens with zero attached hydrogens (tertiary/aromatic N) is 1. The van der Waals surface area contributed by atoms with Crippen molar-refractivity contribution in [3.8, 4) is 0 Å². The first-order chi connectivity index (χ1) is 7.55. The number of hydrogen-bond donors (Lipinski definition) is 1. The standard InChI is InChI=1S/C11H22N2O3/c1-9-7-11(8-13(9)2,10(14)16-4)12-5-6-15-3/h9,12H,5-8H2,1-4H3. The molecule has 94 valence electrons. The van der Waals surface area contributed by atoms with Crippen molar-refractivity contribution in [2.75, 3.05) is 41.0 Å². The van der Waals surface area contributed by atoms with Crippen LogP contribution in [0.1, 0.15) is 13.3 Å². The number of ether oxygens (including phenoxy) is 2. The minimum absolute atomic E-state index is 0.181. The molecule has 16 heavy (non-hydrogen) atoms. The van der Waals surface area contributed by atoms with E-state index in [0.29, 0.717) is 25.7 Å². The predicted molar refractivity (Wildman–Crippen MR) is 61.3 cm³/mol. The van der Waals surface area contributed by atoms with Crippen molar-refractivity contribution in [1.29, 1.82) is 0 Å². The van der Waals surface area contributed by atoms with E-state index in [2.05, 4.69) is 17.1 Å². The quantitative estimate of drug-likeness (QED) is 0.526. The van der Waals surface area contributed by atoms with E-state index in [1.807, 2.05) is 7.05 Å². The summed E-state index contributed by atoms with van der Waals surface area (Å²) >= 11 is 0. The highest BCUT2D eigenvalue weighted by atomic mass is 16.5. The average molecular weight is 230 g/mol. The Bertz CT molecular complexity index is 235. The third-order valence-electron chi connectivity index (χ3n) is 3.26. The fourth-order valence-electron chi connectivity index (χ4n) is 2.24. The van der Waals surface area contributed by atoms with Gasteiger partial charge in [-0.05, 0) is 20.4 Å². The zero-order chi connectivity index (χ0) is 12.2. The van der Waals surface area contributed by atoms with Crippen molar-refractivity contribution in [2.45, 2.75) is 24.9 Å². The van der Waals surface area contributed by atoms with Gasteiger partial charge in [0.1, 0.15) is 5.54 Å². The second-order valence-corrected chi connectivity index (χ2v) is 4.46. The summed E-state index contributed by atoms with van der Waals surface area (Å²) in [6.45, 7) is 4.05. The van der Waals surface area contributed by atoms with Crippen molar-refractivity contribution in [3.63, 3.8) is 0 Å². The number of carbonyl (C=O) groups is 1. The number of nitrogens with one attached hydrogen (secondary N) is 1. The van der Waals surface area contributed by atoms with Crippen LogP contribution in [0.5, 0.6) is 0 Å². The van der Waals surface area contributed by atoms with Gasteiger partial charge in [-0.3, -0.25) is 10.1 Å². The lowest BCUT2D eigenvalue weighted by atomic mass is 9.96. The van der Waals surface area contributed by atoms with Gasteiger partial charge < -0.3 is 14.4 Å². The Kier molecular flexibility index (Phi) is 4.70. The summed E-state index contributed by atoms with van der Waals surface area (Å²) in [5.74, 6) is -0.181. The van der Waals surface area contributed by atoms with Gasteiger partial charge in [-0.1, -0.05) is 0 Å². The maximum Gasteiger partial charge on any atom is 0.327 e. The minimum atomic E-state index is -0.568. The van der Waals surface area contributed by atoms with Crippen LogP contribution in [0.15, 0.2) is 0 Å². The molecule has 1 aliphatic rings. The van der Waals surface area contributed by atoms with Crippen LogP contribution in [-0.4, -0.2) is 63.4 Å². The van der Waals surface area contributed by atoms with Crippen molar-refractivity contribution >= 4 is 5.97 Å². The maximum atomic E-state index is 11.9. The molecule has 0 amide bonds. The molecule has 5 heteroatoms. The van der Waals surface area contributed by atoms with Crippen LogP contribution in [0.25, 0.3) is 0 Å². The molecule has 1 rings (SSSR count). The Morgan fingerprint density at radius 2 is 2.25 bits per heavy atom. The van der Waals surface area contributed by atoms with Crippen molar-refractivity contribution in [3.05, 3.63) is 0 Å². The third kappa shape index (κ3) is 2.72. The van der Waals surface area contributed by atoms with Crippen LogP contribution >= 0.6 is 0 Å². The Morgan fingerprint density at radius 1 is 1.56 bits per heavy atom. The average Bonchev–Trinajstić information content (AvgIpc) is 2.55. The number of rotatable bonds is 5. The van der Waals surface area contributed by atoms with E-state index >= 15 is 0 Å². The Morgan fingerprint density at radius 3 is 2.69 bits per heavy atom. The van der Waals surface area contributed by atoms with Gasteiger partial charge in [-0.2, -0.15) is 0 Å². The summed E-state index contributed by atoms with van der Waals surface area (Å²) in [7, 11) is 5.11. The van der Waals surface area contributed by atoms with Gasteiger partial charge in [0.2, 0.25) is 0 Å². The Labute approximate surface area is 97.1 Å². The predicted octanol–water partition coefficient (Wildman–Crippen LogP) is -0.142. The van der Waals surface area contributed by atoms with Crippen LogP contribution in [0, 0.1) is 0 Å². The van der Waals surface area contributed by atoms with Crippen molar-refractivity contribution < 1.29 is 14.3 Å². The van der Waals surface area contributed by atoms with Crippen LogP contribution in [0.4, 0.5) is 0 Å². The fourth-order valence-corrected chi connectivity index (χ4v) is 2.24. The Hall–Kier alpha value is -0.650. The monoisotopic (exact) mass is 230 g/mol. The number of methoxy groups -OCH3 is 2. The summed E-state index contributed by atoms with van der Waals surface area (Å²) in [6.07, 6.45) is 0.778. The highest BCUT2D eigenvalue weighted by Gasteiger charge is 2.47. The van der Waals surface area contributed by atoms with E-state index in [9.17, 15) is 4.79 Å². The summed E-state index contributed by atoms with van der Waals surface area (Å²) in [4.78, 5) is 14.0. The Balaban J connectivity index is 2.67. The summed E-state index contributed by atoms with van der Waals surface area (Å²) in [6, 6.07) is 0.383. The molecule has 0 radical (unpaired) electrons. The van der Waals surface area contributed by atoms with Gasteiger partial charge in [0, 0.05) is 26.2 Å². The lowest BCUT2D eigenvalue weighted by Crippen LogP contribution is -2.55. The fraction of sp³-hybridized carbons (Fsp3) is 0.909. The summed E-state index contributed by atoms with van der Waals surface area (Å²) in [5, 5.41) is 3.27. The van der Waals surface area contributed by atoms with Gasteiger partial charge in [0.15, 0.2) is 0 Å². The van der Waals surface area contributed by atoms with Crippen LogP contribution in [0.2, 0.25) is 0 Å². The van der Waals surface area contributed by atoms with Crippen molar-refractivity contribution in [1.82, 2.24) is 10.2 Å². The zero-order valence-corrected chi connectivity index (χ0v) is 10.6. The molecule has 5 nitrogen and oxygen atoms in total. The van der Waals surface area contributed by atoms with E-state index < -0.39 is 5.54 Å². The first-order valence-corrected chi connectivity index (χ1v) is 5.58. The summed E-state index contributed by atoms with van der Waals surface area (Å²) < 4.78 is 9.88. The second kappa shape index (κ2) is 5.61. The van der Waals surface area contributed by atoms with Crippen LogP contribution in [0.3, 0.4) is 0 Å². The van der Waals surface area contributed by atoms with E-state index in [-0.39, 0.29) is 5.97 Å². The lowest BCUT2D eigenvalue weighted by molar-refractivity contribution is -0.148. The third-order valence-corrected chi connectivity index (χ3v) is 3.26. The molecule has 1 heterocycles. The molecule has 0 aromatic heterocycles. The lowest BCUT2D eigenvalue weighted by Gasteiger charge is -2.27. The highest BCUT2D eigenvalue weighted by molar-refractivity contribution is 5.81. The zero-order valence-electron chi connectivity index (χ0n) is 10.6. The molecule has 1 fully saturated rings. The number of carbonyl (C=O) groups excluding carboxylic acids is 1. The van der Waals surface area contributed by atoms with Gasteiger partial charge in [0.25, 0.3) is 0 Å². The second-order valence-electron chi connectivity index (χ2n) is 4.46. The molecule has 1 aliphatic heterocycles. The molecule has 1 N–H and O–H groups in total. The topological polar surface area (TPSA) is 50.8 Å². The first-order valence-electron chi connectivity index (χ1n) is 5.58. The molecule has 0 spiro atoms. The van der Waals surface area contributed by atoms with E-state index in [1.54, 1.807) is 7.11 Å². The largest absolute Gasteiger partial charge is 0.468 e. The van der Waals surface area contributed by atoms with Gasteiger partial charge >= 0.3 is 5.97 Å². The molecule has 0 aliphatic carbocycles. The number of hydrogen-bond acceptors (Lipinski definition) is 5. The normalized spacial score (nSPS) is 30.6. The first kappa shape index (κ1) is 13.4. The molecule has 0 aromatic carbocycles. The van der Waals surface area contributed by atoms with Gasteiger partial charge in [-0.25, -0.2) is 0 Å². The van der Waals surface area contributed by atoms with E-state index in [1.165, 1.54) is 7.11 Å². The SMILES string of the molecule is COCCNC1(C(=O)OC)CC(C)N(C)C1. The number of likely N-dealkylation sites (tertiary alicyclic amines) is 1. The van der Waals surface area contributed by atoms with Gasteiger partial charge in [0.05, 0.1) is 13.7 Å². The molecule has 1 saturated heterocycles. The molecule has 2 unspecified atom stereocenters. The smallest absolute Gasteiger partial charge is 0.327 e. The summed E-state index contributed by atoms with van der Waals surface area (Å²) in [5.41, 5.74) is -0.568. The minimum Gasteiger partial charge on any atom is -0.468 e. The maximum absolute atomic E-state index is 11.9. The molecule has 0 aromatic rings. The molecular formula is C11H22N2O3. The molecular weight excluding hydrogens is 208 g/mol. The molecule has 0 saturated carbocycles.